The fourth-order valence-corrected chi connectivity index (χ4v) is 8.37. The fourth-order valence-electron chi connectivity index (χ4n) is 8.37. The van der Waals surface area contributed by atoms with Gasteiger partial charge in [-0.15, -0.1) is 0 Å². The fraction of sp³-hybridized carbons (Fsp3) is 0.368. The molecule has 4 aliphatic carbocycles. The Balaban J connectivity index is 1.24. The molecule has 0 radical (unpaired) electrons. The third kappa shape index (κ3) is 3.56. The van der Waals surface area contributed by atoms with Crippen LogP contribution in [0.1, 0.15) is 91.2 Å². The molecule has 0 amide bonds. The molecule has 190 valence electrons. The van der Waals surface area contributed by atoms with Crippen LogP contribution in [0.2, 0.25) is 0 Å². The molecule has 4 aromatic carbocycles. The zero-order valence-electron chi connectivity index (χ0n) is 22.6. The SMILES string of the molecule is c1cc2c(cc1-c1ccc3c(c1)C1(CCCCC1)c1cc(-c4ccc5c(c4)CCCC5)ccc1-3)CCCC2. The first-order chi connectivity index (χ1) is 18.8. The highest BCUT2D eigenvalue weighted by atomic mass is 14.5. The lowest BCUT2D eigenvalue weighted by Gasteiger charge is -2.36. The second-order valence-corrected chi connectivity index (χ2v) is 12.5. The first kappa shape index (κ1) is 22.8. The van der Waals surface area contributed by atoms with E-state index in [1.54, 1.807) is 33.4 Å². The summed E-state index contributed by atoms with van der Waals surface area (Å²) in [5.74, 6) is 0. The Bertz CT molecular complexity index is 1430. The first-order valence-electron chi connectivity index (χ1n) is 15.3. The quantitative estimate of drug-likeness (QED) is 0.260. The maximum atomic E-state index is 2.59. The van der Waals surface area contributed by atoms with Crippen molar-refractivity contribution in [3.05, 3.63) is 106 Å². The van der Waals surface area contributed by atoms with Crippen LogP contribution < -0.4 is 0 Å². The summed E-state index contributed by atoms with van der Waals surface area (Å²) < 4.78 is 0. The van der Waals surface area contributed by atoms with Gasteiger partial charge >= 0.3 is 0 Å². The standard InChI is InChI=1S/C38H38/c1-6-20-38(21-7-1)36-24-32(30-14-12-26-8-2-4-10-28(26)22-30)16-18-34(36)35-19-17-33(25-37(35)38)31-15-13-27-9-3-5-11-29(27)23-31/h12-19,22-25H,1-11,20-21H2. The first-order valence-corrected chi connectivity index (χ1v) is 15.3. The zero-order chi connectivity index (χ0) is 25.1. The average molecular weight is 495 g/mol. The van der Waals surface area contributed by atoms with Gasteiger partial charge in [0, 0.05) is 5.41 Å². The molecular formula is C38H38. The van der Waals surface area contributed by atoms with Crippen molar-refractivity contribution in [3.8, 4) is 33.4 Å². The van der Waals surface area contributed by atoms with E-state index in [0.29, 0.717) is 0 Å². The predicted octanol–water partition coefficient (Wildman–Crippen LogP) is 10.0. The number of hydrogen-bond donors (Lipinski definition) is 0. The highest BCUT2D eigenvalue weighted by molar-refractivity contribution is 5.86. The van der Waals surface area contributed by atoms with E-state index in [4.69, 9.17) is 0 Å². The van der Waals surface area contributed by atoms with Gasteiger partial charge in [0.25, 0.3) is 0 Å². The molecule has 0 unspecified atom stereocenters. The van der Waals surface area contributed by atoms with Crippen LogP contribution in [0, 0.1) is 0 Å². The van der Waals surface area contributed by atoms with Crippen molar-refractivity contribution in [2.45, 2.75) is 88.9 Å². The number of rotatable bonds is 2. The van der Waals surface area contributed by atoms with Crippen LogP contribution in [0.25, 0.3) is 33.4 Å². The van der Waals surface area contributed by atoms with E-state index in [0.717, 1.165) is 0 Å². The second-order valence-electron chi connectivity index (χ2n) is 12.5. The van der Waals surface area contributed by atoms with E-state index in [9.17, 15) is 0 Å². The lowest BCUT2D eigenvalue weighted by atomic mass is 9.67. The predicted molar refractivity (Wildman–Crippen MR) is 160 cm³/mol. The number of hydrogen-bond acceptors (Lipinski definition) is 0. The number of benzene rings is 4. The second kappa shape index (κ2) is 8.98. The molecule has 0 N–H and O–H groups in total. The van der Waals surface area contributed by atoms with E-state index in [-0.39, 0.29) is 5.41 Å². The molecular weight excluding hydrogens is 456 g/mol. The molecule has 0 aliphatic heterocycles. The number of fused-ring (bicyclic) bond motifs is 7. The van der Waals surface area contributed by atoms with Crippen LogP contribution in [0.4, 0.5) is 0 Å². The van der Waals surface area contributed by atoms with Gasteiger partial charge in [-0.3, -0.25) is 0 Å². The molecule has 0 heteroatoms. The van der Waals surface area contributed by atoms with Crippen molar-refractivity contribution >= 4 is 0 Å². The van der Waals surface area contributed by atoms with E-state index in [1.807, 2.05) is 0 Å². The smallest absolute Gasteiger partial charge is 0.0215 e. The van der Waals surface area contributed by atoms with E-state index in [1.165, 1.54) is 117 Å². The Hall–Kier alpha value is -3.12. The molecule has 8 rings (SSSR count). The Morgan fingerprint density at radius 3 is 1.29 bits per heavy atom. The lowest BCUT2D eigenvalue weighted by molar-refractivity contribution is 0.353. The summed E-state index contributed by atoms with van der Waals surface area (Å²) in [5, 5.41) is 0. The monoisotopic (exact) mass is 494 g/mol. The van der Waals surface area contributed by atoms with Crippen LogP contribution in [-0.4, -0.2) is 0 Å². The Labute approximate surface area is 228 Å². The summed E-state index contributed by atoms with van der Waals surface area (Å²) in [6.07, 6.45) is 17.0. The number of aryl methyl sites for hydroxylation is 4. The van der Waals surface area contributed by atoms with E-state index < -0.39 is 0 Å². The third-order valence-electron chi connectivity index (χ3n) is 10.4. The zero-order valence-corrected chi connectivity index (χ0v) is 22.6. The maximum absolute atomic E-state index is 2.59. The minimum Gasteiger partial charge on any atom is -0.0582 e. The molecule has 0 atom stereocenters. The summed E-state index contributed by atoms with van der Waals surface area (Å²) in [7, 11) is 0. The maximum Gasteiger partial charge on any atom is 0.0215 e. The molecule has 0 aromatic heterocycles. The van der Waals surface area contributed by atoms with E-state index in [2.05, 4.69) is 72.8 Å². The molecule has 1 saturated carbocycles. The molecule has 0 saturated heterocycles. The van der Waals surface area contributed by atoms with Gasteiger partial charge in [-0.25, -0.2) is 0 Å². The Morgan fingerprint density at radius 1 is 0.368 bits per heavy atom. The topological polar surface area (TPSA) is 0 Å². The van der Waals surface area contributed by atoms with Crippen molar-refractivity contribution in [1.82, 2.24) is 0 Å². The van der Waals surface area contributed by atoms with Crippen LogP contribution >= 0.6 is 0 Å². The van der Waals surface area contributed by atoms with Crippen LogP contribution in [0.5, 0.6) is 0 Å². The summed E-state index contributed by atoms with van der Waals surface area (Å²) in [6.45, 7) is 0. The molecule has 4 aliphatic rings. The average Bonchev–Trinajstić information content (AvgIpc) is 3.25. The highest BCUT2D eigenvalue weighted by Gasteiger charge is 2.44. The summed E-state index contributed by atoms with van der Waals surface area (Å²) in [6, 6.07) is 29.5. The minimum absolute atomic E-state index is 0.178. The highest BCUT2D eigenvalue weighted by Crippen LogP contribution is 2.57. The third-order valence-corrected chi connectivity index (χ3v) is 10.4. The van der Waals surface area contributed by atoms with Gasteiger partial charge in [0.1, 0.15) is 0 Å². The van der Waals surface area contributed by atoms with Crippen LogP contribution in [0.3, 0.4) is 0 Å². The molecule has 0 heterocycles. The molecule has 4 aromatic rings. The molecule has 0 nitrogen and oxygen atoms in total. The van der Waals surface area contributed by atoms with E-state index >= 15 is 0 Å². The molecule has 0 bridgehead atoms. The van der Waals surface area contributed by atoms with Gasteiger partial charge in [0.15, 0.2) is 0 Å². The molecule has 1 spiro atoms. The molecule has 1 fully saturated rings. The minimum atomic E-state index is 0.178. The van der Waals surface area contributed by atoms with Gasteiger partial charge < -0.3 is 0 Å². The van der Waals surface area contributed by atoms with Crippen molar-refractivity contribution < 1.29 is 0 Å². The summed E-state index contributed by atoms with van der Waals surface area (Å²) >= 11 is 0. The lowest BCUT2D eigenvalue weighted by Crippen LogP contribution is -2.28. The Kier molecular flexibility index (Phi) is 5.39. The van der Waals surface area contributed by atoms with Crippen LogP contribution in [-0.2, 0) is 31.1 Å². The van der Waals surface area contributed by atoms with Crippen molar-refractivity contribution in [3.63, 3.8) is 0 Å². The summed E-state index contributed by atoms with van der Waals surface area (Å²) in [4.78, 5) is 0. The van der Waals surface area contributed by atoms with Crippen LogP contribution in [0.15, 0.2) is 72.8 Å². The van der Waals surface area contributed by atoms with Gasteiger partial charge in [-0.1, -0.05) is 79.9 Å². The normalized spacial score (nSPS) is 18.9. The van der Waals surface area contributed by atoms with Gasteiger partial charge in [0.2, 0.25) is 0 Å². The van der Waals surface area contributed by atoms with Gasteiger partial charge in [-0.05, 0) is 143 Å². The van der Waals surface area contributed by atoms with Crippen molar-refractivity contribution in [1.29, 1.82) is 0 Å². The summed E-state index contributed by atoms with van der Waals surface area (Å²) in [5.41, 5.74) is 18.3. The molecule has 38 heavy (non-hydrogen) atoms. The van der Waals surface area contributed by atoms with Crippen molar-refractivity contribution in [2.75, 3.05) is 0 Å². The van der Waals surface area contributed by atoms with Gasteiger partial charge in [0.05, 0.1) is 0 Å². The largest absolute Gasteiger partial charge is 0.0582 e. The Morgan fingerprint density at radius 2 is 0.789 bits per heavy atom. The van der Waals surface area contributed by atoms with Crippen molar-refractivity contribution in [2.24, 2.45) is 0 Å². The van der Waals surface area contributed by atoms with Gasteiger partial charge in [-0.2, -0.15) is 0 Å².